The first-order valence-electron chi connectivity index (χ1n) is 5.51. The number of ether oxygens (including phenoxy) is 1. The predicted molar refractivity (Wildman–Crippen MR) is 61.1 cm³/mol. The van der Waals surface area contributed by atoms with Crippen molar-refractivity contribution < 1.29 is 9.53 Å². The van der Waals surface area contributed by atoms with E-state index in [-0.39, 0.29) is 11.9 Å². The molecule has 1 unspecified atom stereocenters. The minimum Gasteiger partial charge on any atom is -0.381 e. The van der Waals surface area contributed by atoms with E-state index in [1.54, 1.807) is 0 Å². The average molecular weight is 234 g/mol. The normalized spacial score (nSPS) is 23.3. The first-order chi connectivity index (χ1) is 7.06. The molecule has 1 amide bonds. The van der Waals surface area contributed by atoms with Gasteiger partial charge in [-0.2, -0.15) is 0 Å². The van der Waals surface area contributed by atoms with Crippen LogP contribution in [0.4, 0.5) is 0 Å². The highest BCUT2D eigenvalue weighted by Crippen LogP contribution is 2.18. The van der Waals surface area contributed by atoms with Crippen LogP contribution in [0.2, 0.25) is 0 Å². The van der Waals surface area contributed by atoms with E-state index in [4.69, 9.17) is 16.3 Å². The number of nitrogens with one attached hydrogen (secondary N) is 1. The van der Waals surface area contributed by atoms with Gasteiger partial charge in [0.25, 0.3) is 0 Å². The molecule has 0 bridgehead atoms. The molecule has 0 aromatic rings. The summed E-state index contributed by atoms with van der Waals surface area (Å²) in [5.41, 5.74) is -0.477. The molecule has 0 aliphatic carbocycles. The monoisotopic (exact) mass is 233 g/mol. The Morgan fingerprint density at radius 1 is 1.47 bits per heavy atom. The van der Waals surface area contributed by atoms with Gasteiger partial charge in [0.15, 0.2) is 0 Å². The van der Waals surface area contributed by atoms with Crippen LogP contribution in [0.5, 0.6) is 0 Å². The molecule has 88 valence electrons. The lowest BCUT2D eigenvalue weighted by atomic mass is 9.94. The fraction of sp³-hybridized carbons (Fsp3) is 0.909. The molecule has 1 aliphatic rings. The zero-order valence-corrected chi connectivity index (χ0v) is 10.3. The summed E-state index contributed by atoms with van der Waals surface area (Å²) in [6.07, 6.45) is 2.93. The van der Waals surface area contributed by atoms with E-state index in [9.17, 15) is 4.79 Å². The van der Waals surface area contributed by atoms with Gasteiger partial charge in [0.05, 0.1) is 5.41 Å². The summed E-state index contributed by atoms with van der Waals surface area (Å²) in [6, 6.07) is 0.252. The zero-order valence-electron chi connectivity index (χ0n) is 9.51. The summed E-state index contributed by atoms with van der Waals surface area (Å²) >= 11 is 5.75. The van der Waals surface area contributed by atoms with Crippen LogP contribution < -0.4 is 5.32 Å². The van der Waals surface area contributed by atoms with Crippen LogP contribution in [-0.2, 0) is 9.53 Å². The minimum absolute atomic E-state index is 0.0457. The standard InChI is InChI=1S/C11H20ClNO2/c1-11(2,8-12)10(14)13-9-4-3-6-15-7-5-9/h9H,3-8H2,1-2H3,(H,13,14). The van der Waals surface area contributed by atoms with Gasteiger partial charge in [-0.3, -0.25) is 4.79 Å². The van der Waals surface area contributed by atoms with Gasteiger partial charge in [-0.1, -0.05) is 0 Å². The van der Waals surface area contributed by atoms with Crippen molar-refractivity contribution >= 4 is 17.5 Å². The molecule has 1 fully saturated rings. The summed E-state index contributed by atoms with van der Waals surface area (Å²) in [4.78, 5) is 11.8. The van der Waals surface area contributed by atoms with Gasteiger partial charge in [-0.25, -0.2) is 0 Å². The summed E-state index contributed by atoms with van der Waals surface area (Å²) in [5.74, 6) is 0.395. The fourth-order valence-electron chi connectivity index (χ4n) is 1.49. The van der Waals surface area contributed by atoms with E-state index in [0.29, 0.717) is 5.88 Å². The van der Waals surface area contributed by atoms with Crippen LogP contribution in [0.15, 0.2) is 0 Å². The number of hydrogen-bond donors (Lipinski definition) is 1. The smallest absolute Gasteiger partial charge is 0.227 e. The van der Waals surface area contributed by atoms with Crippen molar-refractivity contribution in [3.63, 3.8) is 0 Å². The Morgan fingerprint density at radius 2 is 2.20 bits per heavy atom. The molecule has 1 N–H and O–H groups in total. The van der Waals surface area contributed by atoms with Gasteiger partial charge in [0, 0.05) is 25.1 Å². The van der Waals surface area contributed by atoms with E-state index < -0.39 is 5.41 Å². The Balaban J connectivity index is 2.42. The van der Waals surface area contributed by atoms with Crippen molar-refractivity contribution in [3.8, 4) is 0 Å². The lowest BCUT2D eigenvalue weighted by Gasteiger charge is -2.24. The van der Waals surface area contributed by atoms with Gasteiger partial charge in [0.2, 0.25) is 5.91 Å². The summed E-state index contributed by atoms with van der Waals surface area (Å²) in [6.45, 7) is 5.28. The number of amides is 1. The van der Waals surface area contributed by atoms with Crippen molar-refractivity contribution in [2.45, 2.75) is 39.2 Å². The molecular weight excluding hydrogens is 214 g/mol. The molecule has 15 heavy (non-hydrogen) atoms. The summed E-state index contributed by atoms with van der Waals surface area (Å²) in [5, 5.41) is 3.05. The van der Waals surface area contributed by atoms with Crippen LogP contribution >= 0.6 is 11.6 Å². The van der Waals surface area contributed by atoms with E-state index in [1.165, 1.54) is 0 Å². The minimum atomic E-state index is -0.477. The van der Waals surface area contributed by atoms with Gasteiger partial charge >= 0.3 is 0 Å². The largest absolute Gasteiger partial charge is 0.381 e. The molecule has 1 heterocycles. The second-order valence-corrected chi connectivity index (χ2v) is 5.00. The topological polar surface area (TPSA) is 38.3 Å². The van der Waals surface area contributed by atoms with Crippen molar-refractivity contribution in [2.75, 3.05) is 19.1 Å². The SMILES string of the molecule is CC(C)(CCl)C(=O)NC1CCCOCC1. The summed E-state index contributed by atoms with van der Waals surface area (Å²) in [7, 11) is 0. The fourth-order valence-corrected chi connectivity index (χ4v) is 1.61. The van der Waals surface area contributed by atoms with Crippen molar-refractivity contribution in [1.29, 1.82) is 0 Å². The molecule has 0 radical (unpaired) electrons. The predicted octanol–water partition coefficient (Wildman–Crippen LogP) is 1.94. The molecule has 1 rings (SSSR count). The van der Waals surface area contributed by atoms with Gasteiger partial charge in [0.1, 0.15) is 0 Å². The molecule has 4 heteroatoms. The average Bonchev–Trinajstić information content (AvgIpc) is 2.46. The number of carbonyl (C=O) groups excluding carboxylic acids is 1. The molecule has 1 atom stereocenters. The molecule has 1 aliphatic heterocycles. The number of carbonyl (C=O) groups is 1. The van der Waals surface area contributed by atoms with Crippen LogP contribution in [0.3, 0.4) is 0 Å². The maximum Gasteiger partial charge on any atom is 0.227 e. The number of hydrogen-bond acceptors (Lipinski definition) is 2. The third-order valence-corrected chi connectivity index (χ3v) is 3.40. The highest BCUT2D eigenvalue weighted by Gasteiger charge is 2.28. The second kappa shape index (κ2) is 5.71. The Hall–Kier alpha value is -0.280. The molecule has 0 saturated carbocycles. The van der Waals surface area contributed by atoms with Gasteiger partial charge < -0.3 is 10.1 Å². The molecule has 3 nitrogen and oxygen atoms in total. The van der Waals surface area contributed by atoms with E-state index in [1.807, 2.05) is 13.8 Å². The van der Waals surface area contributed by atoms with Crippen molar-refractivity contribution in [1.82, 2.24) is 5.32 Å². The third kappa shape index (κ3) is 3.99. The summed E-state index contributed by atoms with van der Waals surface area (Å²) < 4.78 is 5.34. The van der Waals surface area contributed by atoms with Crippen LogP contribution in [-0.4, -0.2) is 31.0 Å². The number of rotatable bonds is 3. The maximum absolute atomic E-state index is 11.8. The highest BCUT2D eigenvalue weighted by atomic mass is 35.5. The lowest BCUT2D eigenvalue weighted by molar-refractivity contribution is -0.129. The van der Waals surface area contributed by atoms with E-state index >= 15 is 0 Å². The zero-order chi connectivity index (χ0) is 11.3. The Bertz CT molecular complexity index is 211. The molecule has 1 saturated heterocycles. The number of halogens is 1. The van der Waals surface area contributed by atoms with E-state index in [2.05, 4.69) is 5.32 Å². The van der Waals surface area contributed by atoms with Crippen molar-refractivity contribution in [3.05, 3.63) is 0 Å². The second-order valence-electron chi connectivity index (χ2n) is 4.73. The Morgan fingerprint density at radius 3 is 2.87 bits per heavy atom. The first kappa shape index (κ1) is 12.8. The maximum atomic E-state index is 11.8. The quantitative estimate of drug-likeness (QED) is 0.757. The lowest BCUT2D eigenvalue weighted by Crippen LogP contribution is -2.43. The molecule has 0 aromatic heterocycles. The molecule has 0 aromatic carbocycles. The molecular formula is C11H20ClNO2. The van der Waals surface area contributed by atoms with Gasteiger partial charge in [-0.05, 0) is 33.1 Å². The van der Waals surface area contributed by atoms with Crippen LogP contribution in [0.1, 0.15) is 33.1 Å². The number of alkyl halides is 1. The van der Waals surface area contributed by atoms with Crippen LogP contribution in [0.25, 0.3) is 0 Å². The Labute approximate surface area is 96.5 Å². The van der Waals surface area contributed by atoms with Crippen molar-refractivity contribution in [2.24, 2.45) is 5.41 Å². The van der Waals surface area contributed by atoms with Crippen LogP contribution in [0, 0.1) is 5.41 Å². The third-order valence-electron chi connectivity index (χ3n) is 2.74. The molecule has 0 spiro atoms. The highest BCUT2D eigenvalue weighted by molar-refractivity contribution is 6.19. The van der Waals surface area contributed by atoms with Gasteiger partial charge in [-0.15, -0.1) is 11.6 Å². The Kier molecular flexibility index (Phi) is 4.87. The first-order valence-corrected chi connectivity index (χ1v) is 6.04. The van der Waals surface area contributed by atoms with E-state index in [0.717, 1.165) is 32.5 Å².